The summed E-state index contributed by atoms with van der Waals surface area (Å²) in [5, 5.41) is 0. The molecule has 2 fully saturated rings. The molecule has 2 saturated carbocycles. The second-order valence-electron chi connectivity index (χ2n) is 5.58. The van der Waals surface area contributed by atoms with Crippen LogP contribution in [0.25, 0.3) is 0 Å². The van der Waals surface area contributed by atoms with Crippen molar-refractivity contribution in [2.45, 2.75) is 58.8 Å². The van der Waals surface area contributed by atoms with E-state index in [4.69, 9.17) is 0 Å². The molecule has 0 saturated heterocycles. The summed E-state index contributed by atoms with van der Waals surface area (Å²) in [7, 11) is 0. The van der Waals surface area contributed by atoms with Crippen molar-refractivity contribution in [2.75, 3.05) is 0 Å². The molecule has 13 heavy (non-hydrogen) atoms. The fourth-order valence-electron chi connectivity index (χ4n) is 3.50. The van der Waals surface area contributed by atoms with Gasteiger partial charge in [-0.1, -0.05) is 46.0 Å². The van der Waals surface area contributed by atoms with Gasteiger partial charge in [-0.15, -0.1) is 0 Å². The van der Waals surface area contributed by atoms with E-state index in [0.717, 1.165) is 23.7 Å². The van der Waals surface area contributed by atoms with Gasteiger partial charge in [0.15, 0.2) is 0 Å². The van der Waals surface area contributed by atoms with E-state index in [0.29, 0.717) is 0 Å². The molecular formula is C13H24. The quantitative estimate of drug-likeness (QED) is 0.523. The lowest BCUT2D eigenvalue weighted by Gasteiger charge is -2.38. The Labute approximate surface area is 83.1 Å². The molecule has 2 aliphatic carbocycles. The molecule has 0 spiro atoms. The lowest BCUT2D eigenvalue weighted by molar-refractivity contribution is 0.126. The van der Waals surface area contributed by atoms with Gasteiger partial charge in [-0.25, -0.2) is 0 Å². The summed E-state index contributed by atoms with van der Waals surface area (Å²) < 4.78 is 0. The Morgan fingerprint density at radius 1 is 0.692 bits per heavy atom. The highest BCUT2D eigenvalue weighted by atomic mass is 14.4. The van der Waals surface area contributed by atoms with Gasteiger partial charge in [-0.2, -0.15) is 0 Å². The summed E-state index contributed by atoms with van der Waals surface area (Å²) in [6.45, 7) is 4.93. The van der Waals surface area contributed by atoms with E-state index in [1.807, 2.05) is 0 Å². The smallest absolute Gasteiger partial charge is 0.0383 e. The number of rotatable bonds is 0. The van der Waals surface area contributed by atoms with Crippen LogP contribution in [0.1, 0.15) is 58.8 Å². The fourth-order valence-corrected chi connectivity index (χ4v) is 3.50. The third kappa shape index (κ3) is 2.08. The first-order valence-electron chi connectivity index (χ1n) is 6.27. The average molecular weight is 180 g/mol. The Hall–Kier alpha value is 0. The van der Waals surface area contributed by atoms with Gasteiger partial charge in [0.05, 0.1) is 0 Å². The molecule has 4 unspecified atom stereocenters. The summed E-state index contributed by atoms with van der Waals surface area (Å²) in [6.07, 6.45) is 10.7. The van der Waals surface area contributed by atoms with E-state index in [1.165, 1.54) is 32.1 Å². The monoisotopic (exact) mass is 180 g/mol. The molecule has 0 aliphatic heterocycles. The molecule has 4 atom stereocenters. The Bertz CT molecular complexity index is 143. The maximum atomic E-state index is 2.46. The average Bonchev–Trinajstić information content (AvgIpc) is 2.31. The normalized spacial score (nSPS) is 46.6. The summed E-state index contributed by atoms with van der Waals surface area (Å²) in [4.78, 5) is 0. The van der Waals surface area contributed by atoms with Gasteiger partial charge < -0.3 is 0 Å². The number of hydrogen-bond donors (Lipinski definition) is 0. The molecule has 0 aromatic heterocycles. The van der Waals surface area contributed by atoms with Crippen LogP contribution in [-0.2, 0) is 0 Å². The van der Waals surface area contributed by atoms with Gasteiger partial charge in [0.1, 0.15) is 0 Å². The Morgan fingerprint density at radius 3 is 1.62 bits per heavy atom. The van der Waals surface area contributed by atoms with Gasteiger partial charge in [-0.3, -0.25) is 0 Å². The van der Waals surface area contributed by atoms with Crippen molar-refractivity contribution in [2.24, 2.45) is 23.7 Å². The highest BCUT2D eigenvalue weighted by molar-refractivity contribution is 4.83. The van der Waals surface area contributed by atoms with E-state index in [9.17, 15) is 0 Å². The molecule has 0 aromatic rings. The van der Waals surface area contributed by atoms with E-state index in [-0.39, 0.29) is 0 Å². The van der Waals surface area contributed by atoms with Crippen molar-refractivity contribution in [3.63, 3.8) is 0 Å². The van der Waals surface area contributed by atoms with Gasteiger partial charge >= 0.3 is 0 Å². The lowest BCUT2D eigenvalue weighted by Crippen LogP contribution is -2.28. The SMILES string of the molecule is CC1CC2CCCCCC2CC1C. The molecule has 2 rings (SSSR count). The van der Waals surface area contributed by atoms with Crippen molar-refractivity contribution >= 4 is 0 Å². The van der Waals surface area contributed by atoms with Crippen molar-refractivity contribution in [3.8, 4) is 0 Å². The first-order valence-corrected chi connectivity index (χ1v) is 6.27. The first-order chi connectivity index (χ1) is 6.27. The lowest BCUT2D eigenvalue weighted by atomic mass is 9.68. The predicted octanol–water partition coefficient (Wildman–Crippen LogP) is 4.25. The zero-order valence-electron chi connectivity index (χ0n) is 9.26. The minimum atomic E-state index is 0.999. The van der Waals surface area contributed by atoms with Crippen molar-refractivity contribution < 1.29 is 0 Å². The van der Waals surface area contributed by atoms with E-state index < -0.39 is 0 Å². The maximum absolute atomic E-state index is 2.46. The zero-order chi connectivity index (χ0) is 9.26. The topological polar surface area (TPSA) is 0 Å². The van der Waals surface area contributed by atoms with Crippen LogP contribution in [0.5, 0.6) is 0 Å². The molecule has 0 nitrogen and oxygen atoms in total. The Kier molecular flexibility index (Phi) is 2.96. The summed E-state index contributed by atoms with van der Waals surface area (Å²) in [5.74, 6) is 4.21. The Morgan fingerprint density at radius 2 is 1.15 bits per heavy atom. The molecule has 76 valence electrons. The Balaban J connectivity index is 1.99. The van der Waals surface area contributed by atoms with Crippen LogP contribution >= 0.6 is 0 Å². The van der Waals surface area contributed by atoms with E-state index >= 15 is 0 Å². The maximum Gasteiger partial charge on any atom is -0.0383 e. The summed E-state index contributed by atoms with van der Waals surface area (Å²) in [6, 6.07) is 0. The van der Waals surface area contributed by atoms with Crippen LogP contribution < -0.4 is 0 Å². The second-order valence-corrected chi connectivity index (χ2v) is 5.58. The summed E-state index contributed by atoms with van der Waals surface area (Å²) >= 11 is 0. The summed E-state index contributed by atoms with van der Waals surface area (Å²) in [5.41, 5.74) is 0. The van der Waals surface area contributed by atoms with Crippen LogP contribution in [0.15, 0.2) is 0 Å². The second kappa shape index (κ2) is 4.02. The van der Waals surface area contributed by atoms with Gasteiger partial charge in [-0.05, 0) is 36.5 Å². The number of fused-ring (bicyclic) bond motifs is 1. The molecule has 0 N–H and O–H groups in total. The zero-order valence-corrected chi connectivity index (χ0v) is 9.26. The molecule has 0 heteroatoms. The van der Waals surface area contributed by atoms with Crippen molar-refractivity contribution in [1.82, 2.24) is 0 Å². The minimum Gasteiger partial charge on any atom is -0.0622 e. The molecule has 0 radical (unpaired) electrons. The third-order valence-electron chi connectivity index (χ3n) is 4.64. The van der Waals surface area contributed by atoms with Crippen LogP contribution in [0.3, 0.4) is 0 Å². The molecule has 2 aliphatic rings. The molecule has 0 aromatic carbocycles. The van der Waals surface area contributed by atoms with Crippen LogP contribution in [0.2, 0.25) is 0 Å². The van der Waals surface area contributed by atoms with Crippen LogP contribution in [0.4, 0.5) is 0 Å². The highest BCUT2D eigenvalue weighted by Crippen LogP contribution is 2.43. The molecular weight excluding hydrogens is 156 g/mol. The largest absolute Gasteiger partial charge is 0.0622 e. The van der Waals surface area contributed by atoms with Gasteiger partial charge in [0.25, 0.3) is 0 Å². The van der Waals surface area contributed by atoms with Gasteiger partial charge in [0.2, 0.25) is 0 Å². The highest BCUT2D eigenvalue weighted by Gasteiger charge is 2.32. The van der Waals surface area contributed by atoms with Crippen molar-refractivity contribution in [3.05, 3.63) is 0 Å². The standard InChI is InChI=1S/C13H24/c1-10-8-12-6-4-3-5-7-13(12)9-11(10)2/h10-13H,3-9H2,1-2H3. The number of hydrogen-bond acceptors (Lipinski definition) is 0. The molecule has 0 heterocycles. The van der Waals surface area contributed by atoms with E-state index in [1.54, 1.807) is 12.8 Å². The van der Waals surface area contributed by atoms with Crippen LogP contribution in [0, 0.1) is 23.7 Å². The third-order valence-corrected chi connectivity index (χ3v) is 4.64. The predicted molar refractivity (Wildman–Crippen MR) is 57.6 cm³/mol. The van der Waals surface area contributed by atoms with Crippen molar-refractivity contribution in [1.29, 1.82) is 0 Å². The first kappa shape index (κ1) is 9.55. The van der Waals surface area contributed by atoms with Gasteiger partial charge in [0, 0.05) is 0 Å². The minimum absolute atomic E-state index is 0.999. The van der Waals surface area contributed by atoms with E-state index in [2.05, 4.69) is 13.8 Å². The fraction of sp³-hybridized carbons (Fsp3) is 1.00. The van der Waals surface area contributed by atoms with Crippen LogP contribution in [-0.4, -0.2) is 0 Å². The molecule has 0 amide bonds. The molecule has 0 bridgehead atoms.